The third-order valence-electron chi connectivity index (χ3n) is 10.3. The molecule has 4 heterocycles. The molecule has 0 atom stereocenters. The van der Waals surface area contributed by atoms with Crippen LogP contribution in [0.2, 0.25) is 0 Å². The van der Waals surface area contributed by atoms with Gasteiger partial charge in [-0.25, -0.2) is 4.98 Å². The third-order valence-corrected chi connectivity index (χ3v) is 10.3. The lowest BCUT2D eigenvalue weighted by atomic mass is 10.1. The molecule has 0 N–H and O–H groups in total. The van der Waals surface area contributed by atoms with Crippen molar-refractivity contribution in [3.05, 3.63) is 182 Å². The lowest BCUT2D eigenvalue weighted by Crippen LogP contribution is -2.06. The first kappa shape index (κ1) is 29.4. The predicted octanol–water partition coefficient (Wildman–Crippen LogP) is 11.3. The average molecular weight is 679 g/mol. The number of para-hydroxylation sites is 3. The molecule has 0 unspecified atom stereocenters. The highest BCUT2D eigenvalue weighted by molar-refractivity contribution is 6.20. The van der Waals surface area contributed by atoms with Crippen LogP contribution in [0, 0.1) is 0 Å². The summed E-state index contributed by atoms with van der Waals surface area (Å²) in [6, 6.07) is 61.6. The molecule has 11 aromatic rings. The van der Waals surface area contributed by atoms with Crippen molar-refractivity contribution in [3.8, 4) is 40.1 Å². The molecule has 0 fully saturated rings. The van der Waals surface area contributed by atoms with Crippen molar-refractivity contribution in [1.29, 1.82) is 0 Å². The Morgan fingerprint density at radius 3 is 1.51 bits per heavy atom. The molecule has 0 saturated carbocycles. The lowest BCUT2D eigenvalue weighted by Gasteiger charge is -2.11. The van der Waals surface area contributed by atoms with Crippen LogP contribution < -0.4 is 0 Å². The van der Waals surface area contributed by atoms with Crippen LogP contribution in [0.5, 0.6) is 0 Å². The zero-order chi connectivity index (χ0) is 34.9. The van der Waals surface area contributed by atoms with Gasteiger partial charge < -0.3 is 9.13 Å². The highest BCUT2D eigenvalue weighted by atomic mass is 15.2. The normalized spacial score (nSPS) is 11.8. The van der Waals surface area contributed by atoms with E-state index in [9.17, 15) is 0 Å². The van der Waals surface area contributed by atoms with Crippen LogP contribution in [0.25, 0.3) is 94.6 Å². The van der Waals surface area contributed by atoms with Gasteiger partial charge in [0.05, 0.1) is 27.6 Å². The van der Waals surface area contributed by atoms with E-state index in [0.717, 1.165) is 60.9 Å². The summed E-state index contributed by atoms with van der Waals surface area (Å²) < 4.78 is 6.87. The number of rotatable bonds is 5. The first-order valence-corrected chi connectivity index (χ1v) is 17.8. The molecule has 4 aromatic heterocycles. The summed E-state index contributed by atoms with van der Waals surface area (Å²) in [5.74, 6) is 1.84. The van der Waals surface area contributed by atoms with Gasteiger partial charge in [-0.3, -0.25) is 4.57 Å². The Labute approximate surface area is 304 Å². The first-order chi connectivity index (χ1) is 26.3. The number of hydrogen-bond acceptors (Lipinski definition) is 3. The molecule has 0 aliphatic carbocycles. The van der Waals surface area contributed by atoms with Gasteiger partial charge >= 0.3 is 0 Å². The fourth-order valence-corrected chi connectivity index (χ4v) is 7.89. The van der Waals surface area contributed by atoms with E-state index in [2.05, 4.69) is 135 Å². The second-order valence-electron chi connectivity index (χ2n) is 13.4. The summed E-state index contributed by atoms with van der Waals surface area (Å²) in [5.41, 5.74) is 9.61. The van der Waals surface area contributed by atoms with Gasteiger partial charge in [-0.1, -0.05) is 115 Å². The molecule has 0 aliphatic rings. The van der Waals surface area contributed by atoms with Gasteiger partial charge in [-0.05, 0) is 60.7 Å². The molecular formula is C47H30N6. The van der Waals surface area contributed by atoms with Crippen molar-refractivity contribution < 1.29 is 0 Å². The fraction of sp³-hybridized carbons (Fsp3) is 0. The van der Waals surface area contributed by atoms with Crippen molar-refractivity contribution in [2.45, 2.75) is 0 Å². The third kappa shape index (κ3) is 4.63. The highest BCUT2D eigenvalue weighted by Gasteiger charge is 2.22. The summed E-state index contributed by atoms with van der Waals surface area (Å²) in [6.07, 6.45) is 2.17. The predicted molar refractivity (Wildman–Crippen MR) is 216 cm³/mol. The minimum absolute atomic E-state index is 0.577. The van der Waals surface area contributed by atoms with E-state index in [0.29, 0.717) is 17.6 Å². The van der Waals surface area contributed by atoms with E-state index in [1.54, 1.807) is 0 Å². The molecule has 0 radical (unpaired) electrons. The molecule has 11 rings (SSSR count). The van der Waals surface area contributed by atoms with Crippen LogP contribution in [0.1, 0.15) is 0 Å². The maximum absolute atomic E-state index is 5.18. The molecule has 0 spiro atoms. The standard InChI is InChI=1S/C47H30N6/c1-5-15-31(16-6-1)45-48-46(32-17-7-2-8-18-32)50-47(49-45)53-40-24-14-13-23-36(40)38-28-39-37-27-33-25-26-51(34-19-9-3-10-20-34)41(33)29-42(37)52(43(39)30-44(38)53)35-21-11-4-12-22-35/h1-30H. The van der Waals surface area contributed by atoms with Gasteiger partial charge in [0, 0.05) is 55.6 Å². The molecule has 7 aromatic carbocycles. The van der Waals surface area contributed by atoms with E-state index in [-0.39, 0.29) is 0 Å². The molecule has 248 valence electrons. The quantitative estimate of drug-likeness (QED) is 0.182. The minimum atomic E-state index is 0.577. The number of nitrogens with zero attached hydrogens (tertiary/aromatic N) is 6. The van der Waals surface area contributed by atoms with E-state index in [4.69, 9.17) is 15.0 Å². The lowest BCUT2D eigenvalue weighted by molar-refractivity contribution is 0.953. The van der Waals surface area contributed by atoms with Crippen LogP contribution in [-0.2, 0) is 0 Å². The van der Waals surface area contributed by atoms with Gasteiger partial charge in [0.1, 0.15) is 0 Å². The van der Waals surface area contributed by atoms with Gasteiger partial charge in [0.15, 0.2) is 11.6 Å². The number of hydrogen-bond donors (Lipinski definition) is 0. The largest absolute Gasteiger partial charge is 0.316 e. The number of aromatic nitrogens is 6. The smallest absolute Gasteiger partial charge is 0.238 e. The van der Waals surface area contributed by atoms with Gasteiger partial charge in [0.2, 0.25) is 5.95 Å². The summed E-state index contributed by atoms with van der Waals surface area (Å²) in [6.45, 7) is 0. The molecule has 0 bridgehead atoms. The monoisotopic (exact) mass is 678 g/mol. The van der Waals surface area contributed by atoms with E-state index < -0.39 is 0 Å². The average Bonchev–Trinajstić information content (AvgIpc) is 3.89. The fourth-order valence-electron chi connectivity index (χ4n) is 7.89. The van der Waals surface area contributed by atoms with Crippen LogP contribution in [-0.4, -0.2) is 28.7 Å². The van der Waals surface area contributed by atoms with E-state index >= 15 is 0 Å². The maximum atomic E-state index is 5.18. The second kappa shape index (κ2) is 11.6. The highest BCUT2D eigenvalue weighted by Crippen LogP contribution is 2.41. The number of fused-ring (bicyclic) bond motifs is 7. The van der Waals surface area contributed by atoms with Crippen molar-refractivity contribution in [3.63, 3.8) is 0 Å². The molecule has 53 heavy (non-hydrogen) atoms. The molecule has 0 amide bonds. The topological polar surface area (TPSA) is 53.5 Å². The van der Waals surface area contributed by atoms with Crippen molar-refractivity contribution in [2.75, 3.05) is 0 Å². The summed E-state index contributed by atoms with van der Waals surface area (Å²) in [5, 5.41) is 5.88. The SMILES string of the molecule is c1ccc(-c2nc(-c3ccccc3)nc(-n3c4ccccc4c4cc5c6cc7ccn(-c8ccccc8)c7cc6n(-c6ccccc6)c5cc43)n2)cc1. The molecule has 6 nitrogen and oxygen atoms in total. The Bertz CT molecular complexity index is 3080. The molecule has 0 aliphatic heterocycles. The van der Waals surface area contributed by atoms with Gasteiger partial charge in [-0.15, -0.1) is 0 Å². The Morgan fingerprint density at radius 1 is 0.340 bits per heavy atom. The van der Waals surface area contributed by atoms with Gasteiger partial charge in [0.25, 0.3) is 0 Å². The van der Waals surface area contributed by atoms with Crippen molar-refractivity contribution in [2.24, 2.45) is 0 Å². The maximum Gasteiger partial charge on any atom is 0.238 e. The molecular weight excluding hydrogens is 649 g/mol. The summed E-state index contributed by atoms with van der Waals surface area (Å²) in [4.78, 5) is 15.3. The van der Waals surface area contributed by atoms with Crippen LogP contribution >= 0.6 is 0 Å². The zero-order valence-corrected chi connectivity index (χ0v) is 28.5. The Balaban J connectivity index is 1.25. The summed E-state index contributed by atoms with van der Waals surface area (Å²) in [7, 11) is 0. The van der Waals surface area contributed by atoms with Crippen LogP contribution in [0.3, 0.4) is 0 Å². The zero-order valence-electron chi connectivity index (χ0n) is 28.5. The van der Waals surface area contributed by atoms with Gasteiger partial charge in [-0.2, -0.15) is 9.97 Å². The van der Waals surface area contributed by atoms with Crippen molar-refractivity contribution in [1.82, 2.24) is 28.7 Å². The molecule has 6 heteroatoms. The minimum Gasteiger partial charge on any atom is -0.316 e. The second-order valence-corrected chi connectivity index (χ2v) is 13.4. The van der Waals surface area contributed by atoms with E-state index in [1.165, 1.54) is 16.2 Å². The number of benzene rings is 7. The van der Waals surface area contributed by atoms with E-state index in [1.807, 2.05) is 60.7 Å². The Morgan fingerprint density at radius 2 is 0.849 bits per heavy atom. The van der Waals surface area contributed by atoms with Crippen molar-refractivity contribution >= 4 is 54.5 Å². The molecule has 0 saturated heterocycles. The summed E-state index contributed by atoms with van der Waals surface area (Å²) >= 11 is 0. The Hall–Kier alpha value is -7.31. The first-order valence-electron chi connectivity index (χ1n) is 17.8. The van der Waals surface area contributed by atoms with Crippen LogP contribution in [0.15, 0.2) is 182 Å². The Kier molecular flexibility index (Phi) is 6.45. The van der Waals surface area contributed by atoms with Crippen LogP contribution in [0.4, 0.5) is 0 Å².